The summed E-state index contributed by atoms with van der Waals surface area (Å²) < 4.78 is 0. The van der Waals surface area contributed by atoms with Crippen molar-refractivity contribution in [3.05, 3.63) is 34.4 Å². The summed E-state index contributed by atoms with van der Waals surface area (Å²) in [6.07, 6.45) is 6.24. The molecule has 25 heavy (non-hydrogen) atoms. The zero-order chi connectivity index (χ0) is 17.8. The van der Waals surface area contributed by atoms with Crippen LogP contribution in [-0.4, -0.2) is 30.0 Å². The molecule has 1 saturated heterocycles. The fraction of sp³-hybridized carbons (Fsp3) is 0.632. The first-order valence-electron chi connectivity index (χ1n) is 9.35. The van der Waals surface area contributed by atoms with Gasteiger partial charge in [0.2, 0.25) is 5.91 Å². The van der Waals surface area contributed by atoms with E-state index in [4.69, 9.17) is 0 Å². The van der Waals surface area contributed by atoms with Crippen molar-refractivity contribution in [3.63, 3.8) is 0 Å². The number of rotatable bonds is 4. The summed E-state index contributed by atoms with van der Waals surface area (Å²) in [5, 5.41) is 14.5. The molecule has 1 N–H and O–H groups in total. The van der Waals surface area contributed by atoms with Gasteiger partial charge in [-0.3, -0.25) is 14.9 Å². The smallest absolute Gasteiger partial charge is 0.292 e. The highest BCUT2D eigenvalue weighted by atomic mass is 16.6. The van der Waals surface area contributed by atoms with Gasteiger partial charge in [0.1, 0.15) is 5.69 Å². The van der Waals surface area contributed by atoms with Gasteiger partial charge in [0.15, 0.2) is 0 Å². The van der Waals surface area contributed by atoms with Crippen molar-refractivity contribution in [1.82, 2.24) is 5.32 Å². The van der Waals surface area contributed by atoms with Crippen LogP contribution in [0, 0.1) is 22.0 Å². The maximum absolute atomic E-state index is 12.6. The van der Waals surface area contributed by atoms with E-state index >= 15 is 0 Å². The van der Waals surface area contributed by atoms with Gasteiger partial charge in [-0.05, 0) is 37.7 Å². The van der Waals surface area contributed by atoms with Gasteiger partial charge in [-0.1, -0.05) is 31.9 Å². The number of nitro groups is 1. The molecule has 0 spiro atoms. The van der Waals surface area contributed by atoms with E-state index < -0.39 is 0 Å². The molecule has 1 aliphatic heterocycles. The molecule has 1 saturated carbocycles. The molecule has 0 unspecified atom stereocenters. The van der Waals surface area contributed by atoms with E-state index in [0.717, 1.165) is 19.3 Å². The van der Waals surface area contributed by atoms with Crippen molar-refractivity contribution >= 4 is 17.3 Å². The summed E-state index contributed by atoms with van der Waals surface area (Å²) in [6, 6.07) is 7.16. The van der Waals surface area contributed by atoms with Gasteiger partial charge in [-0.25, -0.2) is 0 Å². The summed E-state index contributed by atoms with van der Waals surface area (Å²) >= 11 is 0. The lowest BCUT2D eigenvalue weighted by Crippen LogP contribution is -2.46. The minimum absolute atomic E-state index is 0.0214. The van der Waals surface area contributed by atoms with Crippen LogP contribution in [0.1, 0.15) is 45.4 Å². The SMILES string of the molecule is C[C@@H]1CCCC[C@H]1NC(=O)C1CCN(c2ccccc2[N+](=O)[O-])CC1. The molecule has 0 bridgehead atoms. The third-order valence-corrected chi connectivity index (χ3v) is 5.72. The van der Waals surface area contributed by atoms with Crippen LogP contribution in [0.15, 0.2) is 24.3 Å². The van der Waals surface area contributed by atoms with Crippen molar-refractivity contribution in [2.24, 2.45) is 11.8 Å². The predicted octanol–water partition coefficient (Wildman–Crippen LogP) is 3.51. The van der Waals surface area contributed by atoms with Gasteiger partial charge in [0.05, 0.1) is 4.92 Å². The Morgan fingerprint density at radius 2 is 1.84 bits per heavy atom. The first kappa shape index (κ1) is 17.7. The second kappa shape index (κ2) is 7.85. The van der Waals surface area contributed by atoms with Crippen molar-refractivity contribution in [1.29, 1.82) is 0 Å². The number of hydrogen-bond acceptors (Lipinski definition) is 4. The molecule has 1 heterocycles. The Labute approximate surface area is 148 Å². The molecule has 2 atom stereocenters. The molecule has 136 valence electrons. The van der Waals surface area contributed by atoms with Crippen LogP contribution in [0.5, 0.6) is 0 Å². The van der Waals surface area contributed by atoms with Gasteiger partial charge in [-0.15, -0.1) is 0 Å². The topological polar surface area (TPSA) is 75.5 Å². The Bertz CT molecular complexity index is 626. The van der Waals surface area contributed by atoms with Gasteiger partial charge in [0.25, 0.3) is 5.69 Å². The number of para-hydroxylation sites is 2. The number of carbonyl (C=O) groups excluding carboxylic acids is 1. The first-order chi connectivity index (χ1) is 12.1. The Hall–Kier alpha value is -2.11. The summed E-state index contributed by atoms with van der Waals surface area (Å²) in [5.74, 6) is 0.749. The van der Waals surface area contributed by atoms with Crippen LogP contribution in [0.2, 0.25) is 0 Å². The highest BCUT2D eigenvalue weighted by molar-refractivity contribution is 5.79. The monoisotopic (exact) mass is 345 g/mol. The molecule has 2 aliphatic rings. The number of piperidine rings is 1. The van der Waals surface area contributed by atoms with Crippen LogP contribution in [0.4, 0.5) is 11.4 Å². The molecule has 2 fully saturated rings. The van der Waals surface area contributed by atoms with Crippen LogP contribution < -0.4 is 10.2 Å². The molecule has 0 radical (unpaired) electrons. The molecular weight excluding hydrogens is 318 g/mol. The molecule has 6 nitrogen and oxygen atoms in total. The van der Waals surface area contributed by atoms with E-state index in [-0.39, 0.29) is 22.4 Å². The van der Waals surface area contributed by atoms with Crippen molar-refractivity contribution < 1.29 is 9.72 Å². The number of nitro benzene ring substituents is 1. The summed E-state index contributed by atoms with van der Waals surface area (Å²) in [7, 11) is 0. The normalized spacial score (nSPS) is 24.8. The minimum Gasteiger partial charge on any atom is -0.366 e. The van der Waals surface area contributed by atoms with Crippen LogP contribution in [0.3, 0.4) is 0 Å². The van der Waals surface area contributed by atoms with E-state index in [0.29, 0.717) is 30.7 Å². The standard InChI is InChI=1S/C19H27N3O3/c1-14-6-2-3-7-16(14)20-19(23)15-10-12-21(13-11-15)17-8-4-5-9-18(17)22(24)25/h4-5,8-9,14-16H,2-3,6-7,10-13H2,1H3,(H,20,23)/t14-,16-/m1/s1. The number of hydrogen-bond donors (Lipinski definition) is 1. The lowest BCUT2D eigenvalue weighted by molar-refractivity contribution is -0.384. The second-order valence-corrected chi connectivity index (χ2v) is 7.38. The molecule has 1 amide bonds. The third kappa shape index (κ3) is 4.11. The fourth-order valence-corrected chi connectivity index (χ4v) is 4.10. The van der Waals surface area contributed by atoms with Gasteiger partial charge < -0.3 is 10.2 Å². The highest BCUT2D eigenvalue weighted by Gasteiger charge is 2.30. The number of benzene rings is 1. The average molecular weight is 345 g/mol. The lowest BCUT2D eigenvalue weighted by Gasteiger charge is -2.35. The van der Waals surface area contributed by atoms with Gasteiger partial charge >= 0.3 is 0 Å². The molecular formula is C19H27N3O3. The second-order valence-electron chi connectivity index (χ2n) is 7.38. The van der Waals surface area contributed by atoms with E-state index in [2.05, 4.69) is 12.2 Å². The highest BCUT2D eigenvalue weighted by Crippen LogP contribution is 2.31. The number of nitrogens with one attached hydrogen (secondary N) is 1. The van der Waals surface area contributed by atoms with Crippen LogP contribution >= 0.6 is 0 Å². The largest absolute Gasteiger partial charge is 0.366 e. The predicted molar refractivity (Wildman–Crippen MR) is 97.6 cm³/mol. The molecule has 0 aromatic heterocycles. The lowest BCUT2D eigenvalue weighted by atomic mass is 9.85. The molecule has 3 rings (SSSR count). The minimum atomic E-state index is -0.335. The van der Waals surface area contributed by atoms with Gasteiger partial charge in [-0.2, -0.15) is 0 Å². The van der Waals surface area contributed by atoms with Crippen molar-refractivity contribution in [2.75, 3.05) is 18.0 Å². The number of nitrogens with zero attached hydrogens (tertiary/aromatic N) is 2. The fourth-order valence-electron chi connectivity index (χ4n) is 4.10. The first-order valence-corrected chi connectivity index (χ1v) is 9.35. The summed E-state index contributed by atoms with van der Waals surface area (Å²) in [6.45, 7) is 3.59. The Morgan fingerprint density at radius 3 is 2.52 bits per heavy atom. The maximum atomic E-state index is 12.6. The molecule has 1 aliphatic carbocycles. The zero-order valence-corrected chi connectivity index (χ0v) is 14.8. The van der Waals surface area contributed by atoms with E-state index in [1.807, 2.05) is 11.0 Å². The zero-order valence-electron chi connectivity index (χ0n) is 14.8. The molecule has 1 aromatic rings. The van der Waals surface area contributed by atoms with Gasteiger partial charge in [0, 0.05) is 31.1 Å². The van der Waals surface area contributed by atoms with E-state index in [9.17, 15) is 14.9 Å². The summed E-state index contributed by atoms with van der Waals surface area (Å²) in [4.78, 5) is 25.5. The number of amides is 1. The summed E-state index contributed by atoms with van der Waals surface area (Å²) in [5.41, 5.74) is 0.800. The maximum Gasteiger partial charge on any atom is 0.292 e. The van der Waals surface area contributed by atoms with Crippen LogP contribution in [0.25, 0.3) is 0 Å². The average Bonchev–Trinajstić information content (AvgIpc) is 2.63. The van der Waals surface area contributed by atoms with Crippen LogP contribution in [-0.2, 0) is 4.79 Å². The Morgan fingerprint density at radius 1 is 1.16 bits per heavy atom. The molecule has 6 heteroatoms. The number of anilines is 1. The van der Waals surface area contributed by atoms with E-state index in [1.54, 1.807) is 18.2 Å². The van der Waals surface area contributed by atoms with Crippen molar-refractivity contribution in [3.8, 4) is 0 Å². The van der Waals surface area contributed by atoms with E-state index in [1.165, 1.54) is 19.3 Å². The van der Waals surface area contributed by atoms with Crippen molar-refractivity contribution in [2.45, 2.75) is 51.5 Å². The third-order valence-electron chi connectivity index (χ3n) is 5.72. The Balaban J connectivity index is 1.57. The number of carbonyl (C=O) groups is 1. The Kier molecular flexibility index (Phi) is 5.56. The molecule has 1 aromatic carbocycles. The quantitative estimate of drug-likeness (QED) is 0.669.